The van der Waals surface area contributed by atoms with Crippen molar-refractivity contribution in [3.05, 3.63) is 76.9 Å². The number of methoxy groups -OCH3 is 2. The molecule has 0 saturated carbocycles. The van der Waals surface area contributed by atoms with Gasteiger partial charge in [-0.2, -0.15) is 0 Å². The molecule has 0 aliphatic carbocycles. The van der Waals surface area contributed by atoms with Gasteiger partial charge >= 0.3 is 5.97 Å². The number of ether oxygens (including phenoxy) is 4. The second-order valence-electron chi connectivity index (χ2n) is 7.15. The largest absolute Gasteiger partial charge is 0.497 e. The number of Topliss-reactive ketones (excluding diaryl/α,β-unsaturated/α-hetero) is 1. The fraction of sp³-hybridized carbons (Fsp3) is 0.167. The van der Waals surface area contributed by atoms with Crippen LogP contribution in [-0.4, -0.2) is 26.0 Å². The van der Waals surface area contributed by atoms with E-state index in [1.165, 1.54) is 0 Å². The number of furan rings is 1. The molecule has 1 aromatic heterocycles. The second kappa shape index (κ2) is 7.36. The van der Waals surface area contributed by atoms with E-state index in [0.29, 0.717) is 45.4 Å². The van der Waals surface area contributed by atoms with Crippen molar-refractivity contribution >= 4 is 17.8 Å². The Morgan fingerprint density at radius 3 is 2.65 bits per heavy atom. The number of fused-ring (bicyclic) bond motifs is 3. The summed E-state index contributed by atoms with van der Waals surface area (Å²) in [6, 6.07) is 12.1. The molecule has 0 unspecified atom stereocenters. The monoisotopic (exact) mass is 418 g/mol. The Kier molecular flexibility index (Phi) is 4.51. The van der Waals surface area contributed by atoms with E-state index in [0.717, 1.165) is 0 Å². The zero-order chi connectivity index (χ0) is 21.5. The van der Waals surface area contributed by atoms with Gasteiger partial charge in [-0.15, -0.1) is 0 Å². The number of carbonyl (C=O) groups excluding carboxylic acids is 2. The molecular weight excluding hydrogens is 400 g/mol. The molecule has 2 aliphatic rings. The maximum Gasteiger partial charge on any atom is 0.312 e. The molecule has 0 saturated heterocycles. The predicted molar refractivity (Wildman–Crippen MR) is 110 cm³/mol. The van der Waals surface area contributed by atoms with Crippen LogP contribution in [0.3, 0.4) is 0 Å². The number of hydrogen-bond acceptors (Lipinski definition) is 7. The number of carbonyl (C=O) groups is 2. The van der Waals surface area contributed by atoms with E-state index in [1.807, 2.05) is 0 Å². The summed E-state index contributed by atoms with van der Waals surface area (Å²) in [7, 11) is 3.11. The van der Waals surface area contributed by atoms with Gasteiger partial charge in [0.25, 0.3) is 0 Å². The number of allylic oxidation sites excluding steroid dienone is 1. The number of hydrogen-bond donors (Lipinski definition) is 0. The van der Waals surface area contributed by atoms with Gasteiger partial charge in [0.05, 0.1) is 38.4 Å². The quantitative estimate of drug-likeness (QED) is 0.354. The van der Waals surface area contributed by atoms with E-state index in [-0.39, 0.29) is 23.9 Å². The van der Waals surface area contributed by atoms with Crippen molar-refractivity contribution < 1.29 is 33.0 Å². The predicted octanol–water partition coefficient (Wildman–Crippen LogP) is 4.35. The molecule has 0 radical (unpaired) electrons. The minimum absolute atomic E-state index is 0.0971. The van der Waals surface area contributed by atoms with Crippen molar-refractivity contribution in [3.8, 4) is 23.0 Å². The summed E-state index contributed by atoms with van der Waals surface area (Å²) in [6.45, 7) is 0. The van der Waals surface area contributed by atoms with Crippen LogP contribution in [0.15, 0.2) is 58.9 Å². The second-order valence-corrected chi connectivity index (χ2v) is 7.15. The van der Waals surface area contributed by atoms with Gasteiger partial charge in [0, 0.05) is 17.2 Å². The first-order valence-electron chi connectivity index (χ1n) is 9.66. The fourth-order valence-corrected chi connectivity index (χ4v) is 3.92. The third kappa shape index (κ3) is 3.15. The Morgan fingerprint density at radius 2 is 1.90 bits per heavy atom. The topological polar surface area (TPSA) is 84.2 Å². The van der Waals surface area contributed by atoms with Crippen molar-refractivity contribution in [3.63, 3.8) is 0 Å². The van der Waals surface area contributed by atoms with Gasteiger partial charge in [0.1, 0.15) is 28.8 Å². The van der Waals surface area contributed by atoms with E-state index in [1.54, 1.807) is 69.0 Å². The molecule has 0 fully saturated rings. The molecule has 0 bridgehead atoms. The molecule has 0 spiro atoms. The Hall–Kier alpha value is -4.00. The highest BCUT2D eigenvalue weighted by molar-refractivity contribution is 6.15. The minimum Gasteiger partial charge on any atom is -0.497 e. The Bertz CT molecular complexity index is 1220. The number of esters is 1. The normalized spacial score (nSPS) is 18.3. The van der Waals surface area contributed by atoms with Crippen molar-refractivity contribution in [2.24, 2.45) is 0 Å². The van der Waals surface area contributed by atoms with Gasteiger partial charge in [-0.3, -0.25) is 9.59 Å². The maximum atomic E-state index is 13.1. The third-order valence-corrected chi connectivity index (χ3v) is 5.39. The summed E-state index contributed by atoms with van der Waals surface area (Å²) in [4.78, 5) is 25.2. The van der Waals surface area contributed by atoms with E-state index in [4.69, 9.17) is 23.4 Å². The molecule has 5 rings (SSSR count). The molecule has 3 aromatic rings. The molecule has 1 atom stereocenters. The van der Waals surface area contributed by atoms with Crippen LogP contribution in [-0.2, 0) is 4.79 Å². The number of benzene rings is 2. The number of rotatable bonds is 4. The zero-order valence-corrected chi connectivity index (χ0v) is 16.8. The van der Waals surface area contributed by atoms with Crippen LogP contribution in [0.5, 0.6) is 23.0 Å². The summed E-state index contributed by atoms with van der Waals surface area (Å²) >= 11 is 0. The van der Waals surface area contributed by atoms with Gasteiger partial charge in [-0.05, 0) is 42.5 Å². The van der Waals surface area contributed by atoms with Crippen LogP contribution in [0.1, 0.15) is 39.6 Å². The lowest BCUT2D eigenvalue weighted by atomic mass is 9.88. The average Bonchev–Trinajstić information content (AvgIpc) is 3.42. The Morgan fingerprint density at radius 1 is 1.03 bits per heavy atom. The molecule has 7 nitrogen and oxygen atoms in total. The van der Waals surface area contributed by atoms with Gasteiger partial charge in [-0.25, -0.2) is 0 Å². The summed E-state index contributed by atoms with van der Waals surface area (Å²) in [5.74, 6) is 1.68. The summed E-state index contributed by atoms with van der Waals surface area (Å²) in [5.41, 5.74) is 1.71. The minimum atomic E-state index is -0.399. The van der Waals surface area contributed by atoms with E-state index < -0.39 is 5.92 Å². The van der Waals surface area contributed by atoms with Crippen molar-refractivity contribution in [2.75, 3.05) is 14.2 Å². The first-order valence-corrected chi connectivity index (χ1v) is 9.66. The molecule has 0 N–H and O–H groups in total. The van der Waals surface area contributed by atoms with E-state index in [9.17, 15) is 9.59 Å². The fourth-order valence-electron chi connectivity index (χ4n) is 3.92. The van der Waals surface area contributed by atoms with Crippen molar-refractivity contribution in [2.45, 2.75) is 12.3 Å². The highest BCUT2D eigenvalue weighted by atomic mass is 16.5. The lowest BCUT2D eigenvalue weighted by Gasteiger charge is -2.24. The van der Waals surface area contributed by atoms with Crippen LogP contribution in [0.2, 0.25) is 0 Å². The van der Waals surface area contributed by atoms with Crippen LogP contribution >= 0.6 is 0 Å². The molecule has 156 valence electrons. The SMILES string of the molecule is COc1ccc(/C=C2\Oc3c(ccc4c3[C@H](c3ccco3)CC(=O)O4)C2=O)c(OC)c1. The van der Waals surface area contributed by atoms with Gasteiger partial charge in [0.15, 0.2) is 5.76 Å². The third-order valence-electron chi connectivity index (χ3n) is 5.39. The highest BCUT2D eigenvalue weighted by Gasteiger charge is 2.39. The molecule has 2 aliphatic heterocycles. The van der Waals surface area contributed by atoms with Gasteiger partial charge in [-0.1, -0.05) is 0 Å². The number of ketones is 1. The summed E-state index contributed by atoms with van der Waals surface area (Å²) in [5, 5.41) is 0. The van der Waals surface area contributed by atoms with Crippen LogP contribution in [0.4, 0.5) is 0 Å². The molecule has 3 heterocycles. The average molecular weight is 418 g/mol. The molecule has 2 aromatic carbocycles. The Balaban J connectivity index is 1.59. The van der Waals surface area contributed by atoms with Crippen molar-refractivity contribution in [1.29, 1.82) is 0 Å². The maximum absolute atomic E-state index is 13.1. The van der Waals surface area contributed by atoms with E-state index >= 15 is 0 Å². The standard InChI is InChI=1S/C24H18O7/c1-27-14-6-5-13(19(11-14)28-2)10-20-23(26)15-7-8-18-22(24(15)31-20)16(12-21(25)30-18)17-4-3-9-29-17/h3-11,16H,12H2,1-2H3/b20-10-/t16-/m0/s1. The van der Waals surface area contributed by atoms with Crippen molar-refractivity contribution in [1.82, 2.24) is 0 Å². The van der Waals surface area contributed by atoms with Crippen LogP contribution < -0.4 is 18.9 Å². The van der Waals surface area contributed by atoms with Crippen LogP contribution in [0, 0.1) is 0 Å². The van der Waals surface area contributed by atoms with Gasteiger partial charge in [0.2, 0.25) is 5.78 Å². The first-order chi connectivity index (χ1) is 15.1. The molecule has 31 heavy (non-hydrogen) atoms. The Labute approximate surface area is 177 Å². The van der Waals surface area contributed by atoms with Crippen LogP contribution in [0.25, 0.3) is 6.08 Å². The van der Waals surface area contributed by atoms with E-state index in [2.05, 4.69) is 0 Å². The summed E-state index contributed by atoms with van der Waals surface area (Å²) < 4.78 is 27.6. The smallest absolute Gasteiger partial charge is 0.312 e. The first kappa shape index (κ1) is 19.0. The molecular formula is C24H18O7. The highest BCUT2D eigenvalue weighted by Crippen LogP contribution is 2.49. The zero-order valence-electron chi connectivity index (χ0n) is 16.8. The lowest BCUT2D eigenvalue weighted by Crippen LogP contribution is -2.21. The molecule has 0 amide bonds. The molecule has 7 heteroatoms. The summed E-state index contributed by atoms with van der Waals surface area (Å²) in [6.07, 6.45) is 3.27. The van der Waals surface area contributed by atoms with Gasteiger partial charge < -0.3 is 23.4 Å². The lowest BCUT2D eigenvalue weighted by molar-refractivity contribution is -0.135.